The van der Waals surface area contributed by atoms with Crippen LogP contribution in [-0.4, -0.2) is 62.8 Å². The van der Waals surface area contributed by atoms with Gasteiger partial charge in [-0.15, -0.1) is 24.0 Å². The molecular formula is C19H30IN5OS. The molecule has 1 saturated heterocycles. The molecule has 0 spiro atoms. The molecule has 1 aromatic carbocycles. The Hall–Kier alpha value is -1.13. The molecule has 3 rings (SSSR count). The van der Waals surface area contributed by atoms with E-state index in [4.69, 9.17) is 4.74 Å². The summed E-state index contributed by atoms with van der Waals surface area (Å²) in [5.74, 6) is 1.73. The van der Waals surface area contributed by atoms with E-state index in [1.165, 1.54) is 24.0 Å². The van der Waals surface area contributed by atoms with Gasteiger partial charge in [0, 0.05) is 46.9 Å². The van der Waals surface area contributed by atoms with Gasteiger partial charge in [-0.1, -0.05) is 23.5 Å². The summed E-state index contributed by atoms with van der Waals surface area (Å²) >= 11 is 1.69. The van der Waals surface area contributed by atoms with Crippen LogP contribution in [0.15, 0.2) is 29.3 Å². The molecule has 6 nitrogen and oxygen atoms in total. The number of nitrogens with zero attached hydrogens (tertiary/aromatic N) is 3. The van der Waals surface area contributed by atoms with Crippen LogP contribution in [0.25, 0.3) is 10.2 Å². The maximum absolute atomic E-state index is 5.44. The number of fused-ring (bicyclic) bond motifs is 1. The molecule has 150 valence electrons. The topological polar surface area (TPSA) is 61.8 Å². The molecule has 2 N–H and O–H groups in total. The smallest absolute Gasteiger partial charge is 0.193 e. The first-order valence-corrected chi connectivity index (χ1v) is 10.2. The van der Waals surface area contributed by atoms with Crippen molar-refractivity contribution in [2.75, 3.05) is 52.3 Å². The molecule has 0 amide bonds. The van der Waals surface area contributed by atoms with E-state index in [9.17, 15) is 0 Å². The third kappa shape index (κ3) is 6.76. The van der Waals surface area contributed by atoms with Crippen LogP contribution in [0.3, 0.4) is 0 Å². The molecule has 0 radical (unpaired) electrons. The van der Waals surface area contributed by atoms with E-state index < -0.39 is 0 Å². The molecule has 27 heavy (non-hydrogen) atoms. The number of para-hydroxylation sites is 1. The summed E-state index contributed by atoms with van der Waals surface area (Å²) in [4.78, 5) is 11.2. The minimum Gasteiger partial charge on any atom is -0.381 e. The van der Waals surface area contributed by atoms with Gasteiger partial charge in [0.25, 0.3) is 0 Å². The molecule has 0 bridgehead atoms. The SMILES string of the molecule is CN=C(NCCNc1nc2ccccc2s1)N(C)CCC1CCOCC1.I. The summed E-state index contributed by atoms with van der Waals surface area (Å²) in [6.07, 6.45) is 3.57. The lowest BCUT2D eigenvalue weighted by Gasteiger charge is -2.26. The summed E-state index contributed by atoms with van der Waals surface area (Å²) in [5.41, 5.74) is 1.05. The van der Waals surface area contributed by atoms with E-state index in [0.717, 1.165) is 55.4 Å². The number of anilines is 1. The van der Waals surface area contributed by atoms with Crippen molar-refractivity contribution in [1.82, 2.24) is 15.2 Å². The molecule has 0 saturated carbocycles. The molecule has 1 fully saturated rings. The second kappa shape index (κ2) is 11.7. The second-order valence-electron chi connectivity index (χ2n) is 6.65. The van der Waals surface area contributed by atoms with Gasteiger partial charge in [0.1, 0.15) is 0 Å². The molecule has 0 aliphatic carbocycles. The fourth-order valence-electron chi connectivity index (χ4n) is 3.19. The summed E-state index contributed by atoms with van der Waals surface area (Å²) in [6.45, 7) is 4.48. The number of hydrogen-bond donors (Lipinski definition) is 2. The Morgan fingerprint density at radius 3 is 2.81 bits per heavy atom. The van der Waals surface area contributed by atoms with Crippen LogP contribution >= 0.6 is 35.3 Å². The van der Waals surface area contributed by atoms with Gasteiger partial charge in [-0.25, -0.2) is 4.98 Å². The zero-order chi connectivity index (χ0) is 18.2. The zero-order valence-electron chi connectivity index (χ0n) is 16.1. The van der Waals surface area contributed by atoms with Gasteiger partial charge in [0.2, 0.25) is 0 Å². The largest absolute Gasteiger partial charge is 0.381 e. The van der Waals surface area contributed by atoms with Crippen molar-refractivity contribution >= 4 is 56.6 Å². The lowest BCUT2D eigenvalue weighted by molar-refractivity contribution is 0.0625. The van der Waals surface area contributed by atoms with Gasteiger partial charge in [0.15, 0.2) is 11.1 Å². The number of nitrogens with one attached hydrogen (secondary N) is 2. The van der Waals surface area contributed by atoms with Crippen LogP contribution in [-0.2, 0) is 4.74 Å². The van der Waals surface area contributed by atoms with Crippen molar-refractivity contribution < 1.29 is 4.74 Å². The highest BCUT2D eigenvalue weighted by Crippen LogP contribution is 2.25. The van der Waals surface area contributed by atoms with E-state index in [1.54, 1.807) is 11.3 Å². The summed E-state index contributed by atoms with van der Waals surface area (Å²) in [6, 6.07) is 8.22. The Morgan fingerprint density at radius 1 is 1.30 bits per heavy atom. The van der Waals surface area contributed by atoms with Crippen LogP contribution < -0.4 is 10.6 Å². The average molecular weight is 503 g/mol. The summed E-state index contributed by atoms with van der Waals surface area (Å²) < 4.78 is 6.65. The van der Waals surface area contributed by atoms with E-state index in [1.807, 2.05) is 25.2 Å². The van der Waals surface area contributed by atoms with Crippen molar-refractivity contribution in [3.8, 4) is 0 Å². The van der Waals surface area contributed by atoms with E-state index in [0.29, 0.717) is 0 Å². The average Bonchev–Trinajstić information content (AvgIpc) is 3.10. The number of rotatable bonds is 7. The van der Waals surface area contributed by atoms with Crippen LogP contribution in [0, 0.1) is 5.92 Å². The number of hydrogen-bond acceptors (Lipinski definition) is 5. The standard InChI is InChI=1S/C19H29N5OS.HI/c1-20-18(24(2)12-7-15-8-13-25-14-9-15)21-10-11-22-19-23-16-5-3-4-6-17(16)26-19;/h3-6,15H,7-14H2,1-2H3,(H,20,21)(H,22,23);1H. The minimum atomic E-state index is 0. The molecule has 8 heteroatoms. The third-order valence-corrected chi connectivity index (χ3v) is 5.76. The van der Waals surface area contributed by atoms with Crippen LogP contribution in [0.4, 0.5) is 5.13 Å². The minimum absolute atomic E-state index is 0. The lowest BCUT2D eigenvalue weighted by atomic mass is 9.96. The molecule has 2 aromatic rings. The Balaban J connectivity index is 0.00000261. The van der Waals surface area contributed by atoms with Crippen LogP contribution in [0.5, 0.6) is 0 Å². The van der Waals surface area contributed by atoms with E-state index >= 15 is 0 Å². The predicted molar refractivity (Wildman–Crippen MR) is 126 cm³/mol. The highest BCUT2D eigenvalue weighted by Gasteiger charge is 2.15. The molecule has 0 unspecified atom stereocenters. The molecule has 1 aliphatic heterocycles. The number of thiazole rings is 1. The predicted octanol–water partition coefficient (Wildman–Crippen LogP) is 3.65. The molecule has 0 atom stereocenters. The van der Waals surface area contributed by atoms with Crippen LogP contribution in [0.2, 0.25) is 0 Å². The summed E-state index contributed by atoms with van der Waals surface area (Å²) in [5, 5.41) is 7.79. The Bertz CT molecular complexity index is 684. The number of guanidine groups is 1. The summed E-state index contributed by atoms with van der Waals surface area (Å²) in [7, 11) is 3.95. The first-order valence-electron chi connectivity index (χ1n) is 9.35. The number of aromatic nitrogens is 1. The van der Waals surface area contributed by atoms with Crippen molar-refractivity contribution in [2.24, 2.45) is 10.9 Å². The molecule has 2 heterocycles. The highest BCUT2D eigenvalue weighted by atomic mass is 127. The van der Waals surface area contributed by atoms with Crippen molar-refractivity contribution in [3.63, 3.8) is 0 Å². The van der Waals surface area contributed by atoms with Crippen molar-refractivity contribution in [3.05, 3.63) is 24.3 Å². The van der Waals surface area contributed by atoms with Crippen molar-refractivity contribution in [2.45, 2.75) is 19.3 Å². The van der Waals surface area contributed by atoms with E-state index in [2.05, 4.69) is 38.6 Å². The third-order valence-electron chi connectivity index (χ3n) is 4.77. The second-order valence-corrected chi connectivity index (χ2v) is 7.68. The Labute approximate surface area is 182 Å². The lowest BCUT2D eigenvalue weighted by Crippen LogP contribution is -2.41. The van der Waals surface area contributed by atoms with Gasteiger partial charge >= 0.3 is 0 Å². The Morgan fingerprint density at radius 2 is 2.07 bits per heavy atom. The number of benzene rings is 1. The number of halogens is 1. The van der Waals surface area contributed by atoms with Gasteiger partial charge in [-0.2, -0.15) is 0 Å². The van der Waals surface area contributed by atoms with Gasteiger partial charge in [-0.3, -0.25) is 4.99 Å². The van der Waals surface area contributed by atoms with Crippen LogP contribution in [0.1, 0.15) is 19.3 Å². The van der Waals surface area contributed by atoms with Gasteiger partial charge in [0.05, 0.1) is 10.2 Å². The van der Waals surface area contributed by atoms with Gasteiger partial charge in [-0.05, 0) is 37.3 Å². The van der Waals surface area contributed by atoms with Crippen molar-refractivity contribution in [1.29, 1.82) is 0 Å². The number of ether oxygens (including phenoxy) is 1. The normalized spacial score (nSPS) is 15.4. The maximum atomic E-state index is 5.44. The van der Waals surface area contributed by atoms with E-state index in [-0.39, 0.29) is 24.0 Å². The Kier molecular flexibility index (Phi) is 9.57. The molecule has 1 aliphatic rings. The zero-order valence-corrected chi connectivity index (χ0v) is 19.3. The highest BCUT2D eigenvalue weighted by molar-refractivity contribution is 14.0. The van der Waals surface area contributed by atoms with Gasteiger partial charge < -0.3 is 20.3 Å². The first kappa shape index (κ1) is 22.2. The molecular weight excluding hydrogens is 473 g/mol. The maximum Gasteiger partial charge on any atom is 0.193 e. The fourth-order valence-corrected chi connectivity index (χ4v) is 4.08. The fraction of sp³-hybridized carbons (Fsp3) is 0.579. The monoisotopic (exact) mass is 503 g/mol. The molecule has 1 aromatic heterocycles. The quantitative estimate of drug-likeness (QED) is 0.262. The first-order chi connectivity index (χ1) is 12.8. The number of aliphatic imine (C=N–C) groups is 1.